The van der Waals surface area contributed by atoms with Crippen LogP contribution < -0.4 is 4.74 Å². The molecular formula is C20H22N2O2. The molecule has 0 aliphatic carbocycles. The highest BCUT2D eigenvalue weighted by atomic mass is 16.5. The van der Waals surface area contributed by atoms with Gasteiger partial charge in [0.15, 0.2) is 5.75 Å². The van der Waals surface area contributed by atoms with E-state index in [9.17, 15) is 5.11 Å². The van der Waals surface area contributed by atoms with Crippen molar-refractivity contribution in [3.05, 3.63) is 59.8 Å². The molecule has 3 aromatic rings. The normalized spacial score (nSPS) is 11.0. The van der Waals surface area contributed by atoms with Gasteiger partial charge in [-0.3, -0.25) is 0 Å². The molecule has 0 bridgehead atoms. The fourth-order valence-corrected chi connectivity index (χ4v) is 2.77. The molecule has 1 heterocycles. The Hall–Kier alpha value is -2.75. The van der Waals surface area contributed by atoms with Crippen molar-refractivity contribution in [3.63, 3.8) is 0 Å². The molecule has 4 heteroatoms. The van der Waals surface area contributed by atoms with E-state index in [1.54, 1.807) is 7.11 Å². The maximum Gasteiger partial charge on any atom is 0.165 e. The fraction of sp³-hybridized carbons (Fsp3) is 0.250. The number of nitrogens with zero attached hydrogens (tertiary/aromatic N) is 2. The summed E-state index contributed by atoms with van der Waals surface area (Å²) in [5, 5.41) is 15.4. The molecular weight excluding hydrogens is 300 g/mol. The van der Waals surface area contributed by atoms with Crippen LogP contribution in [0.4, 0.5) is 0 Å². The highest BCUT2D eigenvalue weighted by Gasteiger charge is 2.21. The summed E-state index contributed by atoms with van der Waals surface area (Å²) in [6, 6.07) is 15.7. The quantitative estimate of drug-likeness (QED) is 0.758. The first-order chi connectivity index (χ1) is 11.5. The first-order valence-corrected chi connectivity index (χ1v) is 8.04. The number of methoxy groups -OCH3 is 1. The Morgan fingerprint density at radius 3 is 2.17 bits per heavy atom. The predicted octanol–water partition coefficient (Wildman–Crippen LogP) is 4.69. The molecule has 0 aliphatic heterocycles. The van der Waals surface area contributed by atoms with Crippen LogP contribution in [0.25, 0.3) is 16.9 Å². The Bertz CT molecular complexity index is 831. The van der Waals surface area contributed by atoms with E-state index in [2.05, 4.69) is 18.9 Å². The fourth-order valence-electron chi connectivity index (χ4n) is 2.77. The topological polar surface area (TPSA) is 47.3 Å². The molecule has 1 aromatic heterocycles. The van der Waals surface area contributed by atoms with Gasteiger partial charge in [0.2, 0.25) is 0 Å². The summed E-state index contributed by atoms with van der Waals surface area (Å²) in [5.41, 5.74) is 4.39. The van der Waals surface area contributed by atoms with Gasteiger partial charge < -0.3 is 9.84 Å². The molecule has 124 valence electrons. The summed E-state index contributed by atoms with van der Waals surface area (Å²) >= 11 is 0. The molecule has 0 saturated heterocycles. The van der Waals surface area contributed by atoms with E-state index in [1.165, 1.54) is 5.56 Å². The van der Waals surface area contributed by atoms with Crippen molar-refractivity contribution in [1.82, 2.24) is 9.78 Å². The van der Waals surface area contributed by atoms with Crippen LogP contribution in [-0.2, 0) is 0 Å². The molecule has 0 atom stereocenters. The SMILES string of the molecule is COc1ccc(-n2nc(-c3ccc(C)cc3)c(O)c2C(C)C)cc1. The van der Waals surface area contributed by atoms with Gasteiger partial charge >= 0.3 is 0 Å². The predicted molar refractivity (Wildman–Crippen MR) is 96.0 cm³/mol. The Kier molecular flexibility index (Phi) is 4.30. The standard InChI is InChI=1S/C20H22N2O2/c1-13(2)19-20(23)18(15-7-5-14(3)6-8-15)21-22(19)16-9-11-17(24-4)12-10-16/h5-13,23H,1-4H3. The molecule has 0 unspecified atom stereocenters. The Morgan fingerprint density at radius 2 is 1.62 bits per heavy atom. The number of rotatable bonds is 4. The smallest absolute Gasteiger partial charge is 0.165 e. The summed E-state index contributed by atoms with van der Waals surface area (Å²) < 4.78 is 7.03. The minimum Gasteiger partial charge on any atom is -0.504 e. The van der Waals surface area contributed by atoms with Crippen LogP contribution in [0.3, 0.4) is 0 Å². The van der Waals surface area contributed by atoms with E-state index in [0.29, 0.717) is 5.69 Å². The number of hydrogen-bond donors (Lipinski definition) is 1. The molecule has 0 amide bonds. The van der Waals surface area contributed by atoms with Crippen LogP contribution in [0, 0.1) is 6.92 Å². The van der Waals surface area contributed by atoms with Gasteiger partial charge in [0, 0.05) is 5.56 Å². The zero-order valence-electron chi connectivity index (χ0n) is 14.4. The lowest BCUT2D eigenvalue weighted by Gasteiger charge is -2.10. The third-order valence-corrected chi connectivity index (χ3v) is 4.08. The van der Waals surface area contributed by atoms with Gasteiger partial charge in [-0.25, -0.2) is 4.68 Å². The van der Waals surface area contributed by atoms with Gasteiger partial charge in [0.1, 0.15) is 11.4 Å². The van der Waals surface area contributed by atoms with Gasteiger partial charge in [-0.15, -0.1) is 0 Å². The van der Waals surface area contributed by atoms with E-state index < -0.39 is 0 Å². The molecule has 1 N–H and O–H groups in total. The van der Waals surface area contributed by atoms with Crippen molar-refractivity contribution in [2.24, 2.45) is 0 Å². The molecule has 4 nitrogen and oxygen atoms in total. The van der Waals surface area contributed by atoms with Crippen molar-refractivity contribution in [3.8, 4) is 28.4 Å². The summed E-state index contributed by atoms with van der Waals surface area (Å²) in [7, 11) is 1.64. The zero-order valence-corrected chi connectivity index (χ0v) is 14.4. The summed E-state index contributed by atoms with van der Waals surface area (Å²) in [6.07, 6.45) is 0. The molecule has 0 fully saturated rings. The lowest BCUT2D eigenvalue weighted by Crippen LogP contribution is -2.03. The van der Waals surface area contributed by atoms with Crippen molar-refractivity contribution in [2.45, 2.75) is 26.7 Å². The van der Waals surface area contributed by atoms with Crippen molar-refractivity contribution < 1.29 is 9.84 Å². The van der Waals surface area contributed by atoms with E-state index in [1.807, 2.05) is 60.1 Å². The minimum atomic E-state index is 0.138. The molecule has 0 aliphatic rings. The van der Waals surface area contributed by atoms with Crippen LogP contribution in [0.2, 0.25) is 0 Å². The number of benzene rings is 2. The second-order valence-corrected chi connectivity index (χ2v) is 6.21. The van der Waals surface area contributed by atoms with Gasteiger partial charge in [0.05, 0.1) is 18.5 Å². The first kappa shape index (κ1) is 16.1. The average molecular weight is 322 g/mol. The second kappa shape index (κ2) is 6.40. The van der Waals surface area contributed by atoms with Gasteiger partial charge in [0.25, 0.3) is 0 Å². The average Bonchev–Trinajstić information content (AvgIpc) is 2.93. The second-order valence-electron chi connectivity index (χ2n) is 6.21. The highest BCUT2D eigenvalue weighted by molar-refractivity contribution is 5.68. The lowest BCUT2D eigenvalue weighted by molar-refractivity contribution is 0.414. The molecule has 2 aromatic carbocycles. The lowest BCUT2D eigenvalue weighted by atomic mass is 10.1. The number of aryl methyl sites for hydroxylation is 1. The van der Waals surface area contributed by atoms with Crippen LogP contribution in [0.1, 0.15) is 31.0 Å². The Balaban J connectivity index is 2.14. The summed E-state index contributed by atoms with van der Waals surface area (Å²) in [6.45, 7) is 6.14. The van der Waals surface area contributed by atoms with Crippen LogP contribution in [-0.4, -0.2) is 22.0 Å². The maximum absolute atomic E-state index is 10.8. The van der Waals surface area contributed by atoms with Crippen LogP contribution in [0.15, 0.2) is 48.5 Å². The van der Waals surface area contributed by atoms with Crippen LogP contribution >= 0.6 is 0 Å². The largest absolute Gasteiger partial charge is 0.504 e. The van der Waals surface area contributed by atoms with Crippen LogP contribution in [0.5, 0.6) is 11.5 Å². The number of aromatic nitrogens is 2. The van der Waals surface area contributed by atoms with E-state index >= 15 is 0 Å². The molecule has 24 heavy (non-hydrogen) atoms. The Labute approximate surface area is 142 Å². The molecule has 0 spiro atoms. The molecule has 3 rings (SSSR count). The summed E-state index contributed by atoms with van der Waals surface area (Å²) in [5.74, 6) is 1.17. The van der Waals surface area contributed by atoms with E-state index in [0.717, 1.165) is 22.7 Å². The number of aromatic hydroxyl groups is 1. The van der Waals surface area contributed by atoms with Gasteiger partial charge in [-0.05, 0) is 37.1 Å². The van der Waals surface area contributed by atoms with E-state index in [-0.39, 0.29) is 11.7 Å². The number of ether oxygens (including phenoxy) is 1. The van der Waals surface area contributed by atoms with E-state index in [4.69, 9.17) is 4.74 Å². The zero-order chi connectivity index (χ0) is 17.3. The van der Waals surface area contributed by atoms with Gasteiger partial charge in [-0.2, -0.15) is 5.10 Å². The number of hydrogen-bond acceptors (Lipinski definition) is 3. The van der Waals surface area contributed by atoms with Crippen molar-refractivity contribution >= 4 is 0 Å². The monoisotopic (exact) mass is 322 g/mol. The highest BCUT2D eigenvalue weighted by Crippen LogP contribution is 2.37. The molecule has 0 saturated carbocycles. The van der Waals surface area contributed by atoms with Crippen molar-refractivity contribution in [1.29, 1.82) is 0 Å². The first-order valence-electron chi connectivity index (χ1n) is 8.04. The maximum atomic E-state index is 10.8. The summed E-state index contributed by atoms with van der Waals surface area (Å²) in [4.78, 5) is 0. The Morgan fingerprint density at radius 1 is 1.00 bits per heavy atom. The van der Waals surface area contributed by atoms with Gasteiger partial charge in [-0.1, -0.05) is 43.7 Å². The van der Waals surface area contributed by atoms with Crippen molar-refractivity contribution in [2.75, 3.05) is 7.11 Å². The molecule has 0 radical (unpaired) electrons. The third kappa shape index (κ3) is 2.87. The third-order valence-electron chi connectivity index (χ3n) is 4.08. The minimum absolute atomic E-state index is 0.138.